The number of ether oxygens (including phenoxy) is 3. The second-order valence-corrected chi connectivity index (χ2v) is 9.49. The molecule has 2 N–H and O–H groups in total. The molecular weight excluding hydrogens is 568 g/mol. The molecule has 0 saturated carbocycles. The first-order valence-electron chi connectivity index (χ1n) is 13.1. The molecule has 0 fully saturated rings. The number of nitrogens with one attached hydrogen (secondary N) is 2. The highest BCUT2D eigenvalue weighted by atomic mass is 35.5. The van der Waals surface area contributed by atoms with Gasteiger partial charge in [-0.15, -0.1) is 0 Å². The lowest BCUT2D eigenvalue weighted by Crippen LogP contribution is -2.30. The fourth-order valence-electron chi connectivity index (χ4n) is 4.08. The molecule has 8 nitrogen and oxygen atoms in total. The average Bonchev–Trinajstić information content (AvgIpc) is 3.04. The summed E-state index contributed by atoms with van der Waals surface area (Å²) >= 11 is 6.16. The highest BCUT2D eigenvalue weighted by molar-refractivity contribution is 6.32. The number of carbonyl (C=O) groups excluding carboxylic acids is 3. The highest BCUT2D eigenvalue weighted by Gasteiger charge is 2.18. The number of carbonyl (C=O) groups is 3. The molecule has 4 aromatic carbocycles. The molecule has 0 saturated heterocycles. The van der Waals surface area contributed by atoms with E-state index in [0.717, 1.165) is 5.56 Å². The number of methoxy groups -OCH3 is 3. The first kappa shape index (κ1) is 30.6. The topological polar surface area (TPSA) is 103 Å². The van der Waals surface area contributed by atoms with Gasteiger partial charge in [-0.1, -0.05) is 48.0 Å². The number of ketones is 1. The molecule has 0 aromatic heterocycles. The minimum atomic E-state index is -0.587. The van der Waals surface area contributed by atoms with Crippen molar-refractivity contribution in [1.29, 1.82) is 0 Å². The second kappa shape index (κ2) is 14.5. The van der Waals surface area contributed by atoms with Crippen LogP contribution in [0.25, 0.3) is 12.2 Å². The molecule has 0 radical (unpaired) electrons. The number of halogens is 1. The van der Waals surface area contributed by atoms with Gasteiger partial charge in [0.1, 0.15) is 5.70 Å². The quantitative estimate of drug-likeness (QED) is 0.148. The molecule has 0 spiro atoms. The van der Waals surface area contributed by atoms with Crippen LogP contribution in [0.1, 0.15) is 31.8 Å². The van der Waals surface area contributed by atoms with Gasteiger partial charge >= 0.3 is 0 Å². The molecule has 0 unspecified atom stereocenters. The molecule has 0 aliphatic heterocycles. The minimum Gasteiger partial charge on any atom is -0.493 e. The lowest BCUT2D eigenvalue weighted by Gasteiger charge is -2.14. The van der Waals surface area contributed by atoms with E-state index in [4.69, 9.17) is 25.8 Å². The molecule has 4 rings (SSSR count). The zero-order valence-corrected chi connectivity index (χ0v) is 24.5. The Hall–Kier alpha value is -5.34. The third-order valence-electron chi connectivity index (χ3n) is 6.27. The Bertz CT molecular complexity index is 1660. The van der Waals surface area contributed by atoms with Crippen LogP contribution in [0.2, 0.25) is 5.02 Å². The van der Waals surface area contributed by atoms with Gasteiger partial charge < -0.3 is 24.8 Å². The summed E-state index contributed by atoms with van der Waals surface area (Å²) < 4.78 is 16.2. The van der Waals surface area contributed by atoms with Gasteiger partial charge in [-0.25, -0.2) is 0 Å². The van der Waals surface area contributed by atoms with Crippen molar-refractivity contribution < 1.29 is 28.6 Å². The summed E-state index contributed by atoms with van der Waals surface area (Å²) in [6.45, 7) is 0. The molecule has 2 amide bonds. The lowest BCUT2D eigenvalue weighted by molar-refractivity contribution is -0.113. The summed E-state index contributed by atoms with van der Waals surface area (Å²) in [7, 11) is 4.45. The van der Waals surface area contributed by atoms with Crippen LogP contribution in [-0.4, -0.2) is 38.9 Å². The van der Waals surface area contributed by atoms with Crippen molar-refractivity contribution in [3.63, 3.8) is 0 Å². The maximum atomic E-state index is 13.5. The zero-order chi connectivity index (χ0) is 30.8. The van der Waals surface area contributed by atoms with Crippen molar-refractivity contribution in [2.24, 2.45) is 0 Å². The smallest absolute Gasteiger partial charge is 0.272 e. The molecule has 0 bridgehead atoms. The van der Waals surface area contributed by atoms with Crippen LogP contribution in [0.15, 0.2) is 103 Å². The number of anilines is 1. The number of benzene rings is 4. The highest BCUT2D eigenvalue weighted by Crippen LogP contribution is 2.38. The van der Waals surface area contributed by atoms with Gasteiger partial charge in [0.15, 0.2) is 17.3 Å². The lowest BCUT2D eigenvalue weighted by atomic mass is 10.1. The molecule has 218 valence electrons. The fraction of sp³-hybridized carbons (Fsp3) is 0.0882. The van der Waals surface area contributed by atoms with Crippen LogP contribution in [0.3, 0.4) is 0 Å². The van der Waals surface area contributed by atoms with Crippen LogP contribution in [0, 0.1) is 0 Å². The monoisotopic (exact) mass is 596 g/mol. The van der Waals surface area contributed by atoms with Gasteiger partial charge in [-0.2, -0.15) is 0 Å². The molecular formula is C34H29ClN2O6. The van der Waals surface area contributed by atoms with Crippen molar-refractivity contribution in [2.45, 2.75) is 0 Å². The van der Waals surface area contributed by atoms with Gasteiger partial charge in [-0.05, 0) is 84.0 Å². The van der Waals surface area contributed by atoms with Crippen LogP contribution in [-0.2, 0) is 4.79 Å². The normalized spacial score (nSPS) is 11.1. The van der Waals surface area contributed by atoms with Gasteiger partial charge in [0.2, 0.25) is 5.75 Å². The van der Waals surface area contributed by atoms with E-state index >= 15 is 0 Å². The van der Waals surface area contributed by atoms with E-state index in [0.29, 0.717) is 44.6 Å². The number of hydrogen-bond donors (Lipinski definition) is 2. The summed E-state index contributed by atoms with van der Waals surface area (Å²) in [4.78, 5) is 39.1. The van der Waals surface area contributed by atoms with Crippen LogP contribution in [0.5, 0.6) is 17.2 Å². The Kier molecular flexibility index (Phi) is 10.3. The summed E-state index contributed by atoms with van der Waals surface area (Å²) in [5.74, 6) is -0.137. The third kappa shape index (κ3) is 7.90. The Morgan fingerprint density at radius 2 is 1.37 bits per heavy atom. The Balaban J connectivity index is 1.58. The van der Waals surface area contributed by atoms with Gasteiger partial charge in [-0.3, -0.25) is 14.4 Å². The van der Waals surface area contributed by atoms with Crippen LogP contribution in [0.4, 0.5) is 5.69 Å². The van der Waals surface area contributed by atoms with Crippen molar-refractivity contribution in [2.75, 3.05) is 26.6 Å². The Labute approximate surface area is 254 Å². The van der Waals surface area contributed by atoms with E-state index in [-0.39, 0.29) is 11.5 Å². The van der Waals surface area contributed by atoms with E-state index in [2.05, 4.69) is 10.6 Å². The van der Waals surface area contributed by atoms with Crippen LogP contribution < -0.4 is 24.8 Å². The molecule has 0 atom stereocenters. The zero-order valence-electron chi connectivity index (χ0n) is 23.7. The SMILES string of the molecule is COc1cc(/C=C(\NC(=O)c2ccccc2)C(=O)Nc2ccc(C(=O)/C=C/c3ccccc3Cl)cc2)cc(OC)c1OC. The van der Waals surface area contributed by atoms with Gasteiger partial charge in [0.25, 0.3) is 11.8 Å². The minimum absolute atomic E-state index is 0.0362. The number of amides is 2. The standard InChI is InChI=1S/C34H29ClN2O6/c1-41-30-20-22(21-31(42-2)32(30)43-3)19-28(37-33(39)25-10-5-4-6-11-25)34(40)36-26-16-13-24(14-17-26)29(38)18-15-23-9-7-8-12-27(23)35/h4-21H,1-3H3,(H,36,40)(H,37,39)/b18-15+,28-19-. The predicted octanol–water partition coefficient (Wildman–Crippen LogP) is 6.67. The first-order valence-corrected chi connectivity index (χ1v) is 13.5. The maximum Gasteiger partial charge on any atom is 0.272 e. The molecule has 4 aromatic rings. The van der Waals surface area contributed by atoms with E-state index in [9.17, 15) is 14.4 Å². The van der Waals surface area contributed by atoms with Gasteiger partial charge in [0, 0.05) is 21.8 Å². The average molecular weight is 597 g/mol. The van der Waals surface area contributed by atoms with Crippen LogP contribution >= 0.6 is 11.6 Å². The Morgan fingerprint density at radius 1 is 0.744 bits per heavy atom. The third-order valence-corrected chi connectivity index (χ3v) is 6.62. The first-order chi connectivity index (χ1) is 20.8. The predicted molar refractivity (Wildman–Crippen MR) is 168 cm³/mol. The second-order valence-electron chi connectivity index (χ2n) is 9.09. The summed E-state index contributed by atoms with van der Waals surface area (Å²) in [5, 5.41) is 6.01. The maximum absolute atomic E-state index is 13.5. The molecule has 0 aliphatic carbocycles. The number of allylic oxidation sites excluding steroid dienone is 1. The molecule has 43 heavy (non-hydrogen) atoms. The van der Waals surface area contributed by atoms with Crippen molar-refractivity contribution in [3.05, 3.63) is 130 Å². The fourth-order valence-corrected chi connectivity index (χ4v) is 4.28. The molecule has 9 heteroatoms. The molecule has 0 aliphatic rings. The van der Waals surface area contributed by atoms with E-state index in [1.165, 1.54) is 33.5 Å². The summed E-state index contributed by atoms with van der Waals surface area (Å²) in [5.41, 5.74) is 2.42. The Morgan fingerprint density at radius 3 is 1.98 bits per heavy atom. The summed E-state index contributed by atoms with van der Waals surface area (Å²) in [6.07, 6.45) is 4.58. The van der Waals surface area contributed by atoms with Crippen molar-refractivity contribution in [3.8, 4) is 17.2 Å². The van der Waals surface area contributed by atoms with E-state index in [1.807, 2.05) is 18.2 Å². The summed E-state index contributed by atoms with van der Waals surface area (Å²) in [6, 6.07) is 25.4. The van der Waals surface area contributed by atoms with E-state index in [1.54, 1.807) is 78.9 Å². The van der Waals surface area contributed by atoms with Crippen molar-refractivity contribution >= 4 is 47.0 Å². The van der Waals surface area contributed by atoms with Crippen molar-refractivity contribution in [1.82, 2.24) is 5.32 Å². The van der Waals surface area contributed by atoms with Gasteiger partial charge in [0.05, 0.1) is 21.3 Å². The largest absolute Gasteiger partial charge is 0.493 e. The van der Waals surface area contributed by atoms with E-state index < -0.39 is 11.8 Å². The number of hydrogen-bond acceptors (Lipinski definition) is 6. The molecule has 0 heterocycles. The number of rotatable bonds is 11.